The molecule has 4 heteroatoms. The van der Waals surface area contributed by atoms with Crippen LogP contribution in [0.15, 0.2) is 53.4 Å². The van der Waals surface area contributed by atoms with Crippen LogP contribution >= 0.6 is 11.8 Å². The highest BCUT2D eigenvalue weighted by Crippen LogP contribution is 2.18. The van der Waals surface area contributed by atoms with Crippen LogP contribution in [0.2, 0.25) is 0 Å². The number of phenolic OH excluding ortho intramolecular Hbond substituents is 1. The summed E-state index contributed by atoms with van der Waals surface area (Å²) >= 11 is 1.69. The van der Waals surface area contributed by atoms with E-state index in [0.29, 0.717) is 12.1 Å². The molecule has 0 aliphatic carbocycles. The van der Waals surface area contributed by atoms with E-state index in [0.717, 1.165) is 5.75 Å². The first-order valence-corrected chi connectivity index (χ1v) is 7.41. The molecule has 2 aromatic rings. The average molecular weight is 287 g/mol. The Labute approximate surface area is 123 Å². The molecule has 20 heavy (non-hydrogen) atoms. The van der Waals surface area contributed by atoms with Crippen molar-refractivity contribution in [3.8, 4) is 5.75 Å². The Balaban J connectivity index is 1.77. The minimum Gasteiger partial charge on any atom is -0.507 e. The van der Waals surface area contributed by atoms with Crippen LogP contribution in [0.4, 0.5) is 0 Å². The van der Waals surface area contributed by atoms with Gasteiger partial charge in [0.25, 0.3) is 5.91 Å². The Morgan fingerprint density at radius 3 is 2.55 bits per heavy atom. The number of hydrogen-bond donors (Lipinski definition) is 2. The third-order valence-electron chi connectivity index (χ3n) is 2.83. The van der Waals surface area contributed by atoms with Crippen LogP contribution in [0, 0.1) is 6.92 Å². The Kier molecular flexibility index (Phi) is 5.07. The van der Waals surface area contributed by atoms with Gasteiger partial charge in [0.1, 0.15) is 5.75 Å². The standard InChI is InChI=1S/C16H17NO2S/c1-12-6-8-13(9-7-12)20-11-10-17-16(19)14-4-2-3-5-15(14)18/h2-9,18H,10-11H2,1H3,(H,17,19). The van der Waals surface area contributed by atoms with E-state index >= 15 is 0 Å². The highest BCUT2D eigenvalue weighted by Gasteiger charge is 2.08. The fourth-order valence-corrected chi connectivity index (χ4v) is 2.50. The lowest BCUT2D eigenvalue weighted by Gasteiger charge is -2.06. The van der Waals surface area contributed by atoms with Crippen LogP contribution in [-0.4, -0.2) is 23.3 Å². The second-order valence-corrected chi connectivity index (χ2v) is 5.60. The van der Waals surface area contributed by atoms with Gasteiger partial charge in [-0.05, 0) is 31.2 Å². The molecule has 1 amide bonds. The lowest BCUT2D eigenvalue weighted by molar-refractivity contribution is 0.0953. The zero-order valence-corrected chi connectivity index (χ0v) is 12.1. The second-order valence-electron chi connectivity index (χ2n) is 4.43. The molecule has 104 valence electrons. The van der Waals surface area contributed by atoms with E-state index in [1.165, 1.54) is 16.5 Å². The van der Waals surface area contributed by atoms with Crippen LogP contribution in [0.25, 0.3) is 0 Å². The minimum absolute atomic E-state index is 0.0104. The first-order chi connectivity index (χ1) is 9.66. The first kappa shape index (κ1) is 14.5. The topological polar surface area (TPSA) is 49.3 Å². The maximum absolute atomic E-state index is 11.8. The SMILES string of the molecule is Cc1ccc(SCCNC(=O)c2ccccc2O)cc1. The van der Waals surface area contributed by atoms with Gasteiger partial charge in [-0.2, -0.15) is 0 Å². The van der Waals surface area contributed by atoms with Gasteiger partial charge in [0.2, 0.25) is 0 Å². The Bertz CT molecular complexity index is 581. The smallest absolute Gasteiger partial charge is 0.255 e. The van der Waals surface area contributed by atoms with E-state index < -0.39 is 0 Å². The van der Waals surface area contributed by atoms with Gasteiger partial charge in [-0.15, -0.1) is 11.8 Å². The molecule has 0 fully saturated rings. The van der Waals surface area contributed by atoms with E-state index in [4.69, 9.17) is 0 Å². The zero-order chi connectivity index (χ0) is 14.4. The monoisotopic (exact) mass is 287 g/mol. The Hall–Kier alpha value is -1.94. The predicted molar refractivity (Wildman–Crippen MR) is 82.3 cm³/mol. The summed E-state index contributed by atoms with van der Waals surface area (Å²) in [4.78, 5) is 13.0. The molecular formula is C16H17NO2S. The number of amides is 1. The summed E-state index contributed by atoms with van der Waals surface area (Å²) in [6.07, 6.45) is 0. The summed E-state index contributed by atoms with van der Waals surface area (Å²) in [5.74, 6) is 0.561. The number of carbonyl (C=O) groups excluding carboxylic acids is 1. The number of aromatic hydroxyl groups is 1. The predicted octanol–water partition coefficient (Wildman–Crippen LogP) is 3.22. The van der Waals surface area contributed by atoms with Gasteiger partial charge in [-0.3, -0.25) is 4.79 Å². The summed E-state index contributed by atoms with van der Waals surface area (Å²) in [5, 5.41) is 12.4. The maximum Gasteiger partial charge on any atom is 0.255 e. The van der Waals surface area contributed by atoms with Crippen molar-refractivity contribution < 1.29 is 9.90 Å². The van der Waals surface area contributed by atoms with Crippen LogP contribution in [0.3, 0.4) is 0 Å². The van der Waals surface area contributed by atoms with Crippen LogP contribution in [0.5, 0.6) is 5.75 Å². The lowest BCUT2D eigenvalue weighted by atomic mass is 10.2. The molecule has 2 rings (SSSR count). The van der Waals surface area contributed by atoms with Crippen molar-refractivity contribution in [3.05, 3.63) is 59.7 Å². The van der Waals surface area contributed by atoms with E-state index in [2.05, 4.69) is 36.5 Å². The molecule has 0 spiro atoms. The Morgan fingerprint density at radius 1 is 1.15 bits per heavy atom. The number of para-hydroxylation sites is 1. The highest BCUT2D eigenvalue weighted by molar-refractivity contribution is 7.99. The van der Waals surface area contributed by atoms with Gasteiger partial charge in [-0.25, -0.2) is 0 Å². The number of carbonyl (C=O) groups is 1. The molecule has 3 nitrogen and oxygen atoms in total. The van der Waals surface area contributed by atoms with Crippen molar-refractivity contribution in [3.63, 3.8) is 0 Å². The normalized spacial score (nSPS) is 10.2. The average Bonchev–Trinajstić information content (AvgIpc) is 2.46. The van der Waals surface area contributed by atoms with Gasteiger partial charge in [0.05, 0.1) is 5.56 Å². The van der Waals surface area contributed by atoms with Gasteiger partial charge in [0.15, 0.2) is 0 Å². The maximum atomic E-state index is 11.8. The molecule has 2 aromatic carbocycles. The Morgan fingerprint density at radius 2 is 1.85 bits per heavy atom. The van der Waals surface area contributed by atoms with Crippen molar-refractivity contribution in [2.45, 2.75) is 11.8 Å². The van der Waals surface area contributed by atoms with Gasteiger partial charge in [0, 0.05) is 17.2 Å². The minimum atomic E-state index is -0.243. The van der Waals surface area contributed by atoms with Crippen molar-refractivity contribution in [1.82, 2.24) is 5.32 Å². The fourth-order valence-electron chi connectivity index (χ4n) is 1.73. The third-order valence-corrected chi connectivity index (χ3v) is 3.84. The molecule has 0 atom stereocenters. The molecule has 0 saturated heterocycles. The molecule has 0 bridgehead atoms. The quantitative estimate of drug-likeness (QED) is 0.656. The van der Waals surface area contributed by atoms with Crippen LogP contribution in [-0.2, 0) is 0 Å². The number of thioether (sulfide) groups is 1. The van der Waals surface area contributed by atoms with Crippen LogP contribution in [0.1, 0.15) is 15.9 Å². The molecular weight excluding hydrogens is 270 g/mol. The van der Waals surface area contributed by atoms with Crippen molar-refractivity contribution in [2.75, 3.05) is 12.3 Å². The molecule has 0 aliphatic heterocycles. The van der Waals surface area contributed by atoms with Crippen molar-refractivity contribution in [1.29, 1.82) is 0 Å². The summed E-state index contributed by atoms with van der Waals surface area (Å²) in [6, 6.07) is 14.8. The molecule has 0 aromatic heterocycles. The number of aryl methyl sites for hydroxylation is 1. The second kappa shape index (κ2) is 7.01. The third kappa shape index (κ3) is 4.03. The fraction of sp³-hybridized carbons (Fsp3) is 0.188. The number of hydrogen-bond acceptors (Lipinski definition) is 3. The number of rotatable bonds is 5. The summed E-state index contributed by atoms with van der Waals surface area (Å²) < 4.78 is 0. The van der Waals surface area contributed by atoms with Crippen LogP contribution < -0.4 is 5.32 Å². The van der Waals surface area contributed by atoms with E-state index in [9.17, 15) is 9.90 Å². The largest absolute Gasteiger partial charge is 0.507 e. The lowest BCUT2D eigenvalue weighted by Crippen LogP contribution is -2.25. The molecule has 0 unspecified atom stereocenters. The summed E-state index contributed by atoms with van der Waals surface area (Å²) in [7, 11) is 0. The molecule has 0 heterocycles. The van der Waals surface area contributed by atoms with Crippen molar-refractivity contribution in [2.24, 2.45) is 0 Å². The summed E-state index contributed by atoms with van der Waals surface area (Å²) in [6.45, 7) is 2.62. The number of phenols is 1. The number of nitrogens with one attached hydrogen (secondary N) is 1. The van der Waals surface area contributed by atoms with Gasteiger partial charge >= 0.3 is 0 Å². The number of benzene rings is 2. The van der Waals surface area contributed by atoms with E-state index in [1.54, 1.807) is 30.0 Å². The van der Waals surface area contributed by atoms with E-state index in [1.807, 2.05) is 0 Å². The molecule has 0 radical (unpaired) electrons. The zero-order valence-electron chi connectivity index (χ0n) is 11.3. The van der Waals surface area contributed by atoms with E-state index in [-0.39, 0.29) is 11.7 Å². The van der Waals surface area contributed by atoms with Gasteiger partial charge < -0.3 is 10.4 Å². The van der Waals surface area contributed by atoms with Gasteiger partial charge in [-0.1, -0.05) is 29.8 Å². The summed E-state index contributed by atoms with van der Waals surface area (Å²) in [5.41, 5.74) is 1.55. The van der Waals surface area contributed by atoms with Crippen molar-refractivity contribution >= 4 is 17.7 Å². The molecule has 0 aliphatic rings. The first-order valence-electron chi connectivity index (χ1n) is 6.42. The molecule has 0 saturated carbocycles. The highest BCUT2D eigenvalue weighted by atomic mass is 32.2. The molecule has 2 N–H and O–H groups in total.